The Labute approximate surface area is 174 Å². The monoisotopic (exact) mass is 399 g/mol. The fourth-order valence-electron chi connectivity index (χ4n) is 4.71. The summed E-state index contributed by atoms with van der Waals surface area (Å²) in [6.07, 6.45) is 0.215. The fourth-order valence-corrected chi connectivity index (χ4v) is 4.71. The predicted octanol–water partition coefficient (Wildman–Crippen LogP) is 5.08. The van der Waals surface area contributed by atoms with Gasteiger partial charge < -0.3 is 9.84 Å². The van der Waals surface area contributed by atoms with Gasteiger partial charge in [0.1, 0.15) is 6.61 Å². The molecule has 30 heavy (non-hydrogen) atoms. The maximum atomic E-state index is 13.0. The third-order valence-corrected chi connectivity index (χ3v) is 6.07. The molecule has 1 atom stereocenters. The molecule has 0 unspecified atom stereocenters. The standard InChI is InChI=1S/C25H21NO4/c1-15-12-17-13-16(24(27)28)10-11-23(17)26(15)25(29)30-14-22-20-8-4-2-6-18(20)19-7-3-5-9-21(19)22/h2-11,13,15,22H,12,14H2,1H3,(H,27,28)/t15-/m0/s1. The molecule has 3 aromatic carbocycles. The number of carboxylic acids is 1. The lowest BCUT2D eigenvalue weighted by molar-refractivity contribution is 0.0696. The molecule has 0 aromatic heterocycles. The minimum Gasteiger partial charge on any atom is -0.478 e. The first-order chi connectivity index (χ1) is 14.5. The Kier molecular flexibility index (Phi) is 4.31. The normalized spacial score (nSPS) is 16.7. The lowest BCUT2D eigenvalue weighted by Crippen LogP contribution is -2.36. The summed E-state index contributed by atoms with van der Waals surface area (Å²) in [7, 11) is 0. The Morgan fingerprint density at radius 3 is 2.27 bits per heavy atom. The first-order valence-electron chi connectivity index (χ1n) is 10.0. The molecule has 1 amide bonds. The quantitative estimate of drug-likeness (QED) is 0.667. The van der Waals surface area contributed by atoms with Crippen LogP contribution >= 0.6 is 0 Å². The summed E-state index contributed by atoms with van der Waals surface area (Å²) in [6, 6.07) is 21.3. The Morgan fingerprint density at radius 1 is 1.00 bits per heavy atom. The van der Waals surface area contributed by atoms with Crippen molar-refractivity contribution in [2.75, 3.05) is 11.5 Å². The van der Waals surface area contributed by atoms with E-state index in [1.165, 1.54) is 28.3 Å². The van der Waals surface area contributed by atoms with E-state index >= 15 is 0 Å². The van der Waals surface area contributed by atoms with Crippen molar-refractivity contribution in [3.63, 3.8) is 0 Å². The largest absolute Gasteiger partial charge is 0.478 e. The van der Waals surface area contributed by atoms with Crippen LogP contribution in [0.15, 0.2) is 66.7 Å². The second-order valence-electron chi connectivity index (χ2n) is 7.88. The van der Waals surface area contributed by atoms with Crippen LogP contribution in [0.5, 0.6) is 0 Å². The third kappa shape index (κ3) is 2.86. The number of hydrogen-bond donors (Lipinski definition) is 1. The van der Waals surface area contributed by atoms with Crippen LogP contribution in [0.1, 0.15) is 39.9 Å². The highest BCUT2D eigenvalue weighted by Crippen LogP contribution is 2.44. The van der Waals surface area contributed by atoms with Crippen molar-refractivity contribution >= 4 is 17.7 Å². The van der Waals surface area contributed by atoms with Gasteiger partial charge in [0.05, 0.1) is 11.3 Å². The number of benzene rings is 3. The van der Waals surface area contributed by atoms with Gasteiger partial charge in [-0.3, -0.25) is 4.90 Å². The van der Waals surface area contributed by atoms with Gasteiger partial charge >= 0.3 is 12.1 Å². The van der Waals surface area contributed by atoms with Crippen molar-refractivity contribution in [3.8, 4) is 11.1 Å². The van der Waals surface area contributed by atoms with Gasteiger partial charge in [-0.1, -0.05) is 48.5 Å². The number of fused-ring (bicyclic) bond motifs is 4. The molecule has 0 fully saturated rings. The van der Waals surface area contributed by atoms with Crippen LogP contribution in [0.2, 0.25) is 0 Å². The van der Waals surface area contributed by atoms with Crippen molar-refractivity contribution in [1.29, 1.82) is 0 Å². The molecule has 150 valence electrons. The van der Waals surface area contributed by atoms with E-state index in [0.29, 0.717) is 6.42 Å². The maximum Gasteiger partial charge on any atom is 0.414 e. The Hall–Kier alpha value is -3.60. The fraction of sp³-hybridized carbons (Fsp3) is 0.200. The molecule has 3 aromatic rings. The van der Waals surface area contributed by atoms with Gasteiger partial charge in [-0.15, -0.1) is 0 Å². The molecule has 0 saturated heterocycles. The highest BCUT2D eigenvalue weighted by Gasteiger charge is 2.34. The van der Waals surface area contributed by atoms with Crippen molar-refractivity contribution in [3.05, 3.63) is 89.0 Å². The smallest absolute Gasteiger partial charge is 0.414 e. The number of carbonyl (C=O) groups excluding carboxylic acids is 1. The number of hydrogen-bond acceptors (Lipinski definition) is 3. The van der Waals surface area contributed by atoms with Gasteiger partial charge in [0, 0.05) is 12.0 Å². The predicted molar refractivity (Wildman–Crippen MR) is 114 cm³/mol. The van der Waals surface area contributed by atoms with Crippen molar-refractivity contribution in [2.24, 2.45) is 0 Å². The number of anilines is 1. The van der Waals surface area contributed by atoms with Crippen molar-refractivity contribution < 1.29 is 19.4 Å². The average Bonchev–Trinajstić information content (AvgIpc) is 3.25. The van der Waals surface area contributed by atoms with Gasteiger partial charge in [-0.2, -0.15) is 0 Å². The van der Waals surface area contributed by atoms with Gasteiger partial charge in [0.15, 0.2) is 0 Å². The third-order valence-electron chi connectivity index (χ3n) is 6.07. The van der Waals surface area contributed by atoms with Gasteiger partial charge in [-0.05, 0) is 59.4 Å². The van der Waals surface area contributed by atoms with Crippen LogP contribution < -0.4 is 4.90 Å². The summed E-state index contributed by atoms with van der Waals surface area (Å²) in [5, 5.41) is 9.22. The topological polar surface area (TPSA) is 66.8 Å². The van der Waals surface area contributed by atoms with Crippen LogP contribution in [0.25, 0.3) is 11.1 Å². The van der Waals surface area contributed by atoms with E-state index in [-0.39, 0.29) is 24.1 Å². The second-order valence-corrected chi connectivity index (χ2v) is 7.88. The molecule has 0 saturated carbocycles. The van der Waals surface area contributed by atoms with Crippen LogP contribution in [0, 0.1) is 0 Å². The highest BCUT2D eigenvalue weighted by molar-refractivity contribution is 5.94. The minimum absolute atomic E-state index is 0.00751. The molecule has 1 aliphatic carbocycles. The zero-order chi connectivity index (χ0) is 20.8. The second kappa shape index (κ2) is 7.02. The van der Waals surface area contributed by atoms with E-state index in [1.807, 2.05) is 31.2 Å². The van der Waals surface area contributed by atoms with E-state index in [4.69, 9.17) is 4.74 Å². The molecular weight excluding hydrogens is 378 g/mol. The van der Waals surface area contributed by atoms with Crippen LogP contribution in [-0.2, 0) is 11.2 Å². The first-order valence-corrected chi connectivity index (χ1v) is 10.0. The molecule has 0 spiro atoms. The van der Waals surface area contributed by atoms with Gasteiger partial charge in [-0.25, -0.2) is 9.59 Å². The molecular formula is C25H21NO4. The SMILES string of the molecule is C[C@H]1Cc2cc(C(=O)O)ccc2N1C(=O)OCC1c2ccccc2-c2ccccc21. The van der Waals surface area contributed by atoms with Crippen molar-refractivity contribution in [2.45, 2.75) is 25.3 Å². The number of carbonyl (C=O) groups is 2. The molecule has 1 heterocycles. The number of rotatable bonds is 3. The molecule has 2 aliphatic rings. The minimum atomic E-state index is -0.968. The number of aromatic carboxylic acids is 1. The number of ether oxygens (including phenoxy) is 1. The molecule has 0 bridgehead atoms. The highest BCUT2D eigenvalue weighted by atomic mass is 16.6. The zero-order valence-electron chi connectivity index (χ0n) is 16.5. The van der Waals surface area contributed by atoms with Crippen LogP contribution in [-0.4, -0.2) is 29.8 Å². The summed E-state index contributed by atoms with van der Waals surface area (Å²) < 4.78 is 5.80. The Balaban J connectivity index is 1.38. The van der Waals surface area contributed by atoms with E-state index in [0.717, 1.165) is 11.3 Å². The molecule has 1 N–H and O–H groups in total. The summed E-state index contributed by atoms with van der Waals surface area (Å²) in [4.78, 5) is 25.9. The summed E-state index contributed by atoms with van der Waals surface area (Å²) in [6.45, 7) is 2.21. The average molecular weight is 399 g/mol. The summed E-state index contributed by atoms with van der Waals surface area (Å²) in [5.74, 6) is -0.960. The van der Waals surface area contributed by atoms with Crippen molar-refractivity contribution in [1.82, 2.24) is 0 Å². The molecule has 0 radical (unpaired) electrons. The number of amides is 1. The Morgan fingerprint density at radius 2 is 1.63 bits per heavy atom. The molecule has 1 aliphatic heterocycles. The maximum absolute atomic E-state index is 13.0. The lowest BCUT2D eigenvalue weighted by atomic mass is 9.98. The van der Waals surface area contributed by atoms with E-state index < -0.39 is 12.1 Å². The Bertz CT molecular complexity index is 1120. The first kappa shape index (κ1) is 18.4. The number of carboxylic acid groups (broad SMARTS) is 1. The van der Waals surface area contributed by atoms with E-state index in [9.17, 15) is 14.7 Å². The van der Waals surface area contributed by atoms with E-state index in [2.05, 4.69) is 24.3 Å². The lowest BCUT2D eigenvalue weighted by Gasteiger charge is -2.23. The van der Waals surface area contributed by atoms with Gasteiger partial charge in [0.25, 0.3) is 0 Å². The number of nitrogens with zero attached hydrogens (tertiary/aromatic N) is 1. The molecule has 5 nitrogen and oxygen atoms in total. The summed E-state index contributed by atoms with van der Waals surface area (Å²) >= 11 is 0. The van der Waals surface area contributed by atoms with Gasteiger partial charge in [0.2, 0.25) is 0 Å². The van der Waals surface area contributed by atoms with Crippen LogP contribution in [0.4, 0.5) is 10.5 Å². The molecule has 5 rings (SSSR count). The van der Waals surface area contributed by atoms with Crippen LogP contribution in [0.3, 0.4) is 0 Å². The molecule has 5 heteroatoms. The summed E-state index contributed by atoms with van der Waals surface area (Å²) in [5.41, 5.74) is 6.54. The zero-order valence-corrected chi connectivity index (χ0v) is 16.5. The van der Waals surface area contributed by atoms with E-state index in [1.54, 1.807) is 17.0 Å².